The van der Waals surface area contributed by atoms with Gasteiger partial charge in [0.1, 0.15) is 11.6 Å². The molecule has 2 N–H and O–H groups in total. The smallest absolute Gasteiger partial charge is 0.141 e. The van der Waals surface area contributed by atoms with Crippen LogP contribution in [0, 0.1) is 11.7 Å². The molecule has 18 heavy (non-hydrogen) atoms. The van der Waals surface area contributed by atoms with Crippen LogP contribution in [0.25, 0.3) is 0 Å². The van der Waals surface area contributed by atoms with Crippen LogP contribution < -0.4 is 10.6 Å². The van der Waals surface area contributed by atoms with Gasteiger partial charge in [0, 0.05) is 32.3 Å². The van der Waals surface area contributed by atoms with E-state index in [0.717, 1.165) is 24.5 Å². The molecule has 0 aromatic carbocycles. The molecule has 102 valence electrons. The molecular weight excluding hydrogens is 233 g/mol. The minimum atomic E-state index is -0.351. The van der Waals surface area contributed by atoms with Crippen molar-refractivity contribution < 1.29 is 9.13 Å². The molecule has 4 nitrogen and oxygen atoms in total. The van der Waals surface area contributed by atoms with E-state index in [2.05, 4.69) is 23.7 Å². The van der Waals surface area contributed by atoms with Crippen LogP contribution in [0.5, 0.6) is 0 Å². The average molecular weight is 255 g/mol. The van der Waals surface area contributed by atoms with E-state index in [-0.39, 0.29) is 12.4 Å². The van der Waals surface area contributed by atoms with Crippen LogP contribution in [0.1, 0.15) is 19.4 Å². The van der Waals surface area contributed by atoms with Gasteiger partial charge in [-0.15, -0.1) is 0 Å². The lowest BCUT2D eigenvalue weighted by molar-refractivity contribution is 0.204. The molecule has 1 aromatic heterocycles. The fourth-order valence-corrected chi connectivity index (χ4v) is 1.83. The molecule has 0 bridgehead atoms. The van der Waals surface area contributed by atoms with E-state index in [4.69, 9.17) is 10.5 Å². The van der Waals surface area contributed by atoms with Crippen LogP contribution in [0.4, 0.5) is 10.2 Å². The van der Waals surface area contributed by atoms with Gasteiger partial charge in [0.15, 0.2) is 0 Å². The number of rotatable bonds is 7. The number of aromatic nitrogens is 1. The molecule has 0 amide bonds. The molecule has 0 aliphatic heterocycles. The lowest BCUT2D eigenvalue weighted by Crippen LogP contribution is -2.32. The van der Waals surface area contributed by atoms with Crippen LogP contribution in [-0.4, -0.2) is 31.8 Å². The molecule has 0 radical (unpaired) electrons. The minimum Gasteiger partial charge on any atom is -0.383 e. The highest BCUT2D eigenvalue weighted by Crippen LogP contribution is 2.19. The summed E-state index contributed by atoms with van der Waals surface area (Å²) in [5.74, 6) is 0.888. The number of hydrogen-bond donors (Lipinski definition) is 1. The van der Waals surface area contributed by atoms with Gasteiger partial charge in [-0.25, -0.2) is 9.37 Å². The Labute approximate surface area is 108 Å². The zero-order valence-corrected chi connectivity index (χ0v) is 11.3. The van der Waals surface area contributed by atoms with E-state index in [1.54, 1.807) is 7.11 Å². The third-order valence-corrected chi connectivity index (χ3v) is 2.58. The van der Waals surface area contributed by atoms with Gasteiger partial charge in [0.05, 0.1) is 12.8 Å². The van der Waals surface area contributed by atoms with Gasteiger partial charge in [-0.1, -0.05) is 13.8 Å². The van der Waals surface area contributed by atoms with Crippen molar-refractivity contribution in [1.29, 1.82) is 0 Å². The summed E-state index contributed by atoms with van der Waals surface area (Å²) in [5.41, 5.74) is 6.38. The second-order valence-corrected chi connectivity index (χ2v) is 4.67. The number of nitrogens with zero attached hydrogens (tertiary/aromatic N) is 2. The molecule has 0 saturated heterocycles. The number of hydrogen-bond acceptors (Lipinski definition) is 4. The molecule has 1 rings (SSSR count). The Morgan fingerprint density at radius 3 is 2.78 bits per heavy atom. The van der Waals surface area contributed by atoms with Crippen molar-refractivity contribution in [2.45, 2.75) is 20.4 Å². The monoisotopic (exact) mass is 255 g/mol. The number of anilines is 1. The Bertz CT molecular complexity index is 371. The van der Waals surface area contributed by atoms with Gasteiger partial charge in [-0.05, 0) is 12.0 Å². The van der Waals surface area contributed by atoms with Gasteiger partial charge >= 0.3 is 0 Å². The maximum atomic E-state index is 13.2. The zero-order chi connectivity index (χ0) is 13.5. The minimum absolute atomic E-state index is 0.279. The third kappa shape index (κ3) is 4.23. The first kappa shape index (κ1) is 14.9. The summed E-state index contributed by atoms with van der Waals surface area (Å²) >= 11 is 0. The Balaban J connectivity index is 2.95. The third-order valence-electron chi connectivity index (χ3n) is 2.58. The van der Waals surface area contributed by atoms with E-state index in [9.17, 15) is 4.39 Å². The number of halogens is 1. The Morgan fingerprint density at radius 1 is 1.50 bits per heavy atom. The second-order valence-electron chi connectivity index (χ2n) is 4.67. The number of nitrogens with two attached hydrogens (primary N) is 1. The first-order chi connectivity index (χ1) is 8.58. The van der Waals surface area contributed by atoms with Gasteiger partial charge in [-0.3, -0.25) is 0 Å². The van der Waals surface area contributed by atoms with Crippen molar-refractivity contribution in [3.8, 4) is 0 Å². The Kier molecular flexibility index (Phi) is 6.01. The lowest BCUT2D eigenvalue weighted by Gasteiger charge is -2.27. The highest BCUT2D eigenvalue weighted by atomic mass is 19.1. The fourth-order valence-electron chi connectivity index (χ4n) is 1.83. The molecule has 0 saturated carbocycles. The predicted octanol–water partition coefficient (Wildman–Crippen LogP) is 1.79. The van der Waals surface area contributed by atoms with Crippen molar-refractivity contribution in [3.63, 3.8) is 0 Å². The quantitative estimate of drug-likeness (QED) is 0.807. The van der Waals surface area contributed by atoms with Crippen LogP contribution in [-0.2, 0) is 11.3 Å². The van der Waals surface area contributed by atoms with Crippen LogP contribution in [0.2, 0.25) is 0 Å². The first-order valence-corrected chi connectivity index (χ1v) is 6.16. The number of pyridine rings is 1. The summed E-state index contributed by atoms with van der Waals surface area (Å²) < 4.78 is 18.2. The molecule has 0 spiro atoms. The summed E-state index contributed by atoms with van der Waals surface area (Å²) in [6.07, 6.45) is 1.23. The van der Waals surface area contributed by atoms with E-state index >= 15 is 0 Å². The van der Waals surface area contributed by atoms with Crippen molar-refractivity contribution in [1.82, 2.24) is 4.98 Å². The van der Waals surface area contributed by atoms with Crippen molar-refractivity contribution in [2.75, 3.05) is 31.7 Å². The molecule has 5 heteroatoms. The summed E-state index contributed by atoms with van der Waals surface area (Å²) in [7, 11) is 1.66. The molecule has 1 heterocycles. The van der Waals surface area contributed by atoms with Gasteiger partial charge < -0.3 is 15.4 Å². The second kappa shape index (κ2) is 7.28. The topological polar surface area (TPSA) is 51.4 Å². The first-order valence-electron chi connectivity index (χ1n) is 6.16. The van der Waals surface area contributed by atoms with Gasteiger partial charge in [0.2, 0.25) is 0 Å². The largest absolute Gasteiger partial charge is 0.383 e. The van der Waals surface area contributed by atoms with Gasteiger partial charge in [-0.2, -0.15) is 0 Å². The SMILES string of the molecule is COCCN(CC(C)C)c1ncc(F)cc1CN. The average Bonchev–Trinajstić information content (AvgIpc) is 2.34. The molecular formula is C13H22FN3O. The maximum Gasteiger partial charge on any atom is 0.141 e. The predicted molar refractivity (Wildman–Crippen MR) is 71.0 cm³/mol. The molecule has 0 unspecified atom stereocenters. The van der Waals surface area contributed by atoms with Gasteiger partial charge in [0.25, 0.3) is 0 Å². The number of ether oxygens (including phenoxy) is 1. The molecule has 1 aromatic rings. The molecule has 0 aliphatic carbocycles. The molecule has 0 atom stereocenters. The summed E-state index contributed by atoms with van der Waals surface area (Å²) in [6.45, 7) is 6.71. The standard InChI is InChI=1S/C13H22FN3O/c1-10(2)9-17(4-5-18-3)13-11(7-15)6-12(14)8-16-13/h6,8,10H,4-5,7,9,15H2,1-3H3. The fraction of sp³-hybridized carbons (Fsp3) is 0.615. The summed E-state index contributed by atoms with van der Waals surface area (Å²) in [5, 5.41) is 0. The Hall–Kier alpha value is -1.20. The highest BCUT2D eigenvalue weighted by Gasteiger charge is 2.14. The van der Waals surface area contributed by atoms with E-state index in [0.29, 0.717) is 12.5 Å². The summed E-state index contributed by atoms with van der Waals surface area (Å²) in [6, 6.07) is 1.45. The normalized spacial score (nSPS) is 11.0. The highest BCUT2D eigenvalue weighted by molar-refractivity contribution is 5.47. The maximum absolute atomic E-state index is 13.2. The molecule has 0 aliphatic rings. The van der Waals surface area contributed by atoms with Crippen molar-refractivity contribution >= 4 is 5.82 Å². The van der Waals surface area contributed by atoms with Crippen LogP contribution in [0.3, 0.4) is 0 Å². The van der Waals surface area contributed by atoms with Crippen LogP contribution >= 0.6 is 0 Å². The molecule has 0 fully saturated rings. The Morgan fingerprint density at radius 2 is 2.22 bits per heavy atom. The zero-order valence-electron chi connectivity index (χ0n) is 11.3. The summed E-state index contributed by atoms with van der Waals surface area (Å²) in [4.78, 5) is 6.26. The lowest BCUT2D eigenvalue weighted by atomic mass is 10.1. The van der Waals surface area contributed by atoms with E-state index in [1.165, 1.54) is 12.3 Å². The van der Waals surface area contributed by atoms with Crippen molar-refractivity contribution in [2.24, 2.45) is 11.7 Å². The van der Waals surface area contributed by atoms with Crippen molar-refractivity contribution in [3.05, 3.63) is 23.6 Å². The van der Waals surface area contributed by atoms with Crippen LogP contribution in [0.15, 0.2) is 12.3 Å². The van der Waals surface area contributed by atoms with E-state index < -0.39 is 0 Å². The number of methoxy groups -OCH3 is 1. The van der Waals surface area contributed by atoms with E-state index in [1.807, 2.05) is 0 Å².